The van der Waals surface area contributed by atoms with Gasteiger partial charge in [0.1, 0.15) is 0 Å². The molecule has 0 bridgehead atoms. The molecule has 0 fully saturated rings. The van der Waals surface area contributed by atoms with Crippen LogP contribution in [-0.2, 0) is 0 Å². The molecule has 3 aromatic rings. The number of nitrogens with zero attached hydrogens (tertiary/aromatic N) is 1. The third-order valence-corrected chi connectivity index (χ3v) is 4.16. The number of anilines is 3. The molecule has 0 unspecified atom stereocenters. The van der Waals surface area contributed by atoms with Crippen LogP contribution in [0.5, 0.6) is 0 Å². The number of carbonyl (C=O) groups is 1. The smallest absolute Gasteiger partial charge is 0.272 e. The maximum absolute atomic E-state index is 12.6. The summed E-state index contributed by atoms with van der Waals surface area (Å²) in [7, 11) is 0. The molecule has 0 saturated heterocycles. The zero-order valence-corrected chi connectivity index (χ0v) is 15.0. The molecule has 6 heteroatoms. The summed E-state index contributed by atoms with van der Waals surface area (Å²) in [6, 6.07) is 19.6. The quantitative estimate of drug-likeness (QED) is 0.483. The fraction of sp³-hybridized carbons (Fsp3) is 0.0952. The summed E-state index contributed by atoms with van der Waals surface area (Å²) < 4.78 is 0. The van der Waals surface area contributed by atoms with Gasteiger partial charge in [-0.2, -0.15) is 0 Å². The first-order valence-electron chi connectivity index (χ1n) is 8.43. The summed E-state index contributed by atoms with van der Waals surface area (Å²) in [5.74, 6) is -0.328. The predicted octanol–water partition coefficient (Wildman–Crippen LogP) is 5.21. The second kappa shape index (κ2) is 7.70. The lowest BCUT2D eigenvalue weighted by atomic mass is 10.1. The molecular weight excluding hydrogens is 342 g/mol. The monoisotopic (exact) mass is 361 g/mol. The number of amides is 1. The van der Waals surface area contributed by atoms with Crippen LogP contribution in [0.2, 0.25) is 0 Å². The highest BCUT2D eigenvalue weighted by Crippen LogP contribution is 2.26. The Bertz CT molecular complexity index is 998. The average Bonchev–Trinajstić information content (AvgIpc) is 2.64. The Labute approximate surface area is 157 Å². The molecule has 136 valence electrons. The van der Waals surface area contributed by atoms with Gasteiger partial charge in [-0.1, -0.05) is 29.8 Å². The molecule has 1 amide bonds. The normalized spacial score (nSPS) is 10.3. The topological polar surface area (TPSA) is 84.3 Å². The van der Waals surface area contributed by atoms with Gasteiger partial charge in [-0.05, 0) is 50.2 Å². The Hall–Kier alpha value is -3.67. The van der Waals surface area contributed by atoms with Gasteiger partial charge < -0.3 is 10.6 Å². The molecule has 0 aliphatic heterocycles. The number of nitro groups is 1. The van der Waals surface area contributed by atoms with Crippen LogP contribution < -0.4 is 10.6 Å². The number of carbonyl (C=O) groups excluding carboxylic acids is 1. The van der Waals surface area contributed by atoms with E-state index in [9.17, 15) is 14.9 Å². The van der Waals surface area contributed by atoms with Crippen molar-refractivity contribution in [3.8, 4) is 0 Å². The number of hydrogen-bond donors (Lipinski definition) is 2. The van der Waals surface area contributed by atoms with E-state index in [0.717, 1.165) is 16.9 Å². The molecule has 0 atom stereocenters. The lowest BCUT2D eigenvalue weighted by Gasteiger charge is -2.13. The van der Waals surface area contributed by atoms with E-state index in [2.05, 4.69) is 10.6 Å². The van der Waals surface area contributed by atoms with Crippen molar-refractivity contribution in [2.24, 2.45) is 0 Å². The van der Waals surface area contributed by atoms with Crippen molar-refractivity contribution in [3.05, 3.63) is 93.5 Å². The van der Waals surface area contributed by atoms with Crippen LogP contribution in [0.15, 0.2) is 66.7 Å². The fourth-order valence-electron chi connectivity index (χ4n) is 2.69. The van der Waals surface area contributed by atoms with E-state index in [1.54, 1.807) is 13.0 Å². The van der Waals surface area contributed by atoms with Crippen molar-refractivity contribution in [1.29, 1.82) is 0 Å². The molecule has 3 rings (SSSR count). The Morgan fingerprint density at radius 2 is 1.59 bits per heavy atom. The number of para-hydroxylation sites is 2. The fourth-order valence-corrected chi connectivity index (χ4v) is 2.69. The zero-order valence-electron chi connectivity index (χ0n) is 15.0. The van der Waals surface area contributed by atoms with Gasteiger partial charge in [0.25, 0.3) is 11.6 Å². The second-order valence-electron chi connectivity index (χ2n) is 6.25. The molecule has 27 heavy (non-hydrogen) atoms. The standard InChI is InChI=1S/C21H19N3O3/c1-14-7-10-17(11-8-14)22-18-5-3-4-6-19(18)23-21(25)16-9-12-20(24(26)27)15(2)13-16/h3-13,22H,1-2H3,(H,23,25). The lowest BCUT2D eigenvalue weighted by Crippen LogP contribution is -2.13. The minimum Gasteiger partial charge on any atom is -0.354 e. The predicted molar refractivity (Wildman–Crippen MR) is 107 cm³/mol. The molecule has 0 heterocycles. The maximum Gasteiger partial charge on any atom is 0.272 e. The molecule has 0 aliphatic rings. The number of benzene rings is 3. The molecule has 0 aromatic heterocycles. The summed E-state index contributed by atoms with van der Waals surface area (Å²) >= 11 is 0. The van der Waals surface area contributed by atoms with Crippen LogP contribution in [0, 0.1) is 24.0 Å². The van der Waals surface area contributed by atoms with E-state index in [0.29, 0.717) is 16.8 Å². The molecule has 0 radical (unpaired) electrons. The third-order valence-electron chi connectivity index (χ3n) is 4.16. The van der Waals surface area contributed by atoms with E-state index < -0.39 is 4.92 Å². The van der Waals surface area contributed by atoms with Crippen LogP contribution in [0.1, 0.15) is 21.5 Å². The van der Waals surface area contributed by atoms with Gasteiger partial charge in [-0.15, -0.1) is 0 Å². The van der Waals surface area contributed by atoms with Crippen LogP contribution in [-0.4, -0.2) is 10.8 Å². The number of nitrogens with one attached hydrogen (secondary N) is 2. The molecule has 3 aromatic carbocycles. The van der Waals surface area contributed by atoms with Gasteiger partial charge >= 0.3 is 0 Å². The lowest BCUT2D eigenvalue weighted by molar-refractivity contribution is -0.385. The number of rotatable bonds is 5. The largest absolute Gasteiger partial charge is 0.354 e. The van der Waals surface area contributed by atoms with Gasteiger partial charge in [-0.3, -0.25) is 14.9 Å². The number of nitro benzene ring substituents is 1. The minimum absolute atomic E-state index is 0.00649. The Morgan fingerprint density at radius 1 is 0.926 bits per heavy atom. The van der Waals surface area contributed by atoms with Crippen LogP contribution in [0.4, 0.5) is 22.7 Å². The van der Waals surface area contributed by atoms with Crippen molar-refractivity contribution >= 4 is 28.7 Å². The van der Waals surface area contributed by atoms with E-state index >= 15 is 0 Å². The summed E-state index contributed by atoms with van der Waals surface area (Å²) in [5, 5.41) is 17.1. The first-order chi connectivity index (χ1) is 12.9. The Morgan fingerprint density at radius 3 is 2.22 bits per heavy atom. The molecule has 0 aliphatic carbocycles. The first kappa shape index (κ1) is 18.1. The summed E-state index contributed by atoms with van der Waals surface area (Å²) in [6.07, 6.45) is 0. The van der Waals surface area contributed by atoms with Crippen LogP contribution >= 0.6 is 0 Å². The number of aryl methyl sites for hydroxylation is 2. The van der Waals surface area contributed by atoms with Crippen molar-refractivity contribution < 1.29 is 9.72 Å². The Balaban J connectivity index is 1.81. The van der Waals surface area contributed by atoms with Gasteiger partial charge in [0.2, 0.25) is 0 Å². The summed E-state index contributed by atoms with van der Waals surface area (Å²) in [6.45, 7) is 3.63. The highest BCUT2D eigenvalue weighted by molar-refractivity contribution is 6.06. The van der Waals surface area contributed by atoms with Gasteiger partial charge in [0.05, 0.1) is 16.3 Å². The summed E-state index contributed by atoms with van der Waals surface area (Å²) in [5.41, 5.74) is 4.26. The summed E-state index contributed by atoms with van der Waals surface area (Å²) in [4.78, 5) is 23.1. The molecule has 6 nitrogen and oxygen atoms in total. The van der Waals surface area contributed by atoms with Crippen molar-refractivity contribution in [2.45, 2.75) is 13.8 Å². The van der Waals surface area contributed by atoms with E-state index in [4.69, 9.17) is 0 Å². The third kappa shape index (κ3) is 4.30. The van der Waals surface area contributed by atoms with Gasteiger partial charge in [-0.25, -0.2) is 0 Å². The molecule has 2 N–H and O–H groups in total. The SMILES string of the molecule is Cc1ccc(Nc2ccccc2NC(=O)c2ccc([N+](=O)[O-])c(C)c2)cc1. The van der Waals surface area contributed by atoms with Crippen LogP contribution in [0.25, 0.3) is 0 Å². The van der Waals surface area contributed by atoms with Crippen molar-refractivity contribution in [3.63, 3.8) is 0 Å². The zero-order chi connectivity index (χ0) is 19.4. The van der Waals surface area contributed by atoms with E-state index in [1.165, 1.54) is 18.2 Å². The van der Waals surface area contributed by atoms with E-state index in [-0.39, 0.29) is 11.6 Å². The minimum atomic E-state index is -0.461. The maximum atomic E-state index is 12.6. The first-order valence-corrected chi connectivity index (χ1v) is 8.43. The highest BCUT2D eigenvalue weighted by Gasteiger charge is 2.15. The average molecular weight is 361 g/mol. The Kier molecular flexibility index (Phi) is 5.17. The van der Waals surface area contributed by atoms with Crippen LogP contribution in [0.3, 0.4) is 0 Å². The highest BCUT2D eigenvalue weighted by atomic mass is 16.6. The van der Waals surface area contributed by atoms with Crippen molar-refractivity contribution in [2.75, 3.05) is 10.6 Å². The van der Waals surface area contributed by atoms with Gasteiger partial charge in [0, 0.05) is 22.9 Å². The van der Waals surface area contributed by atoms with Crippen molar-refractivity contribution in [1.82, 2.24) is 0 Å². The molecule has 0 saturated carbocycles. The van der Waals surface area contributed by atoms with E-state index in [1.807, 2.05) is 49.4 Å². The second-order valence-corrected chi connectivity index (χ2v) is 6.25. The van der Waals surface area contributed by atoms with Gasteiger partial charge in [0.15, 0.2) is 0 Å². The number of hydrogen-bond acceptors (Lipinski definition) is 4. The molecule has 0 spiro atoms. The molecular formula is C21H19N3O3.